The summed E-state index contributed by atoms with van der Waals surface area (Å²) in [5, 5.41) is 7.03. The molecule has 2 aromatic heterocycles. The van der Waals surface area contributed by atoms with Crippen molar-refractivity contribution in [2.45, 2.75) is 0 Å². The quantitative estimate of drug-likeness (QED) is 0.161. The van der Waals surface area contributed by atoms with Gasteiger partial charge in [0.15, 0.2) is 0 Å². The summed E-state index contributed by atoms with van der Waals surface area (Å²) in [6.45, 7) is 0. The molecule has 0 N–H and O–H groups in total. The fourth-order valence-electron chi connectivity index (χ4n) is 8.38. The van der Waals surface area contributed by atoms with Crippen LogP contribution in [0.5, 0.6) is 0 Å². The van der Waals surface area contributed by atoms with Crippen LogP contribution in [0.3, 0.4) is 0 Å². The Labute approximate surface area is 324 Å². The molecular formula is C52H34N4. The van der Waals surface area contributed by atoms with E-state index in [0.717, 1.165) is 55.8 Å². The van der Waals surface area contributed by atoms with Crippen LogP contribution < -0.4 is 4.90 Å². The van der Waals surface area contributed by atoms with Gasteiger partial charge in [0.2, 0.25) is 0 Å². The predicted molar refractivity (Wildman–Crippen MR) is 234 cm³/mol. The van der Waals surface area contributed by atoms with Gasteiger partial charge in [-0.2, -0.15) is 0 Å². The number of hydrogen-bond acceptors (Lipinski definition) is 3. The van der Waals surface area contributed by atoms with Crippen LogP contribution in [0.2, 0.25) is 0 Å². The highest BCUT2D eigenvalue weighted by Crippen LogP contribution is 2.41. The number of fused-ring (bicyclic) bond motifs is 9. The molecule has 0 aliphatic rings. The minimum absolute atomic E-state index is 0.847. The summed E-state index contributed by atoms with van der Waals surface area (Å²) in [6.07, 6.45) is 1.91. The molecule has 56 heavy (non-hydrogen) atoms. The molecule has 0 spiro atoms. The number of aromatic nitrogens is 3. The Morgan fingerprint density at radius 3 is 1.57 bits per heavy atom. The Morgan fingerprint density at radius 2 is 0.875 bits per heavy atom. The summed E-state index contributed by atoms with van der Waals surface area (Å²) in [6, 6.07) is 71.3. The molecule has 0 saturated heterocycles. The van der Waals surface area contributed by atoms with E-state index in [1.807, 2.05) is 6.20 Å². The van der Waals surface area contributed by atoms with Gasteiger partial charge in [-0.3, -0.25) is 4.98 Å². The highest BCUT2D eigenvalue weighted by atomic mass is 15.1. The summed E-state index contributed by atoms with van der Waals surface area (Å²) in [7, 11) is 0. The highest BCUT2D eigenvalue weighted by molar-refractivity contribution is 6.23. The molecule has 0 amide bonds. The van der Waals surface area contributed by atoms with Crippen molar-refractivity contribution < 1.29 is 0 Å². The molecule has 262 valence electrons. The van der Waals surface area contributed by atoms with Crippen LogP contribution in [-0.2, 0) is 0 Å². The summed E-state index contributed by atoms with van der Waals surface area (Å²) < 4.78 is 2.38. The average Bonchev–Trinajstić information content (AvgIpc) is 3.61. The average molecular weight is 715 g/mol. The van der Waals surface area contributed by atoms with Crippen molar-refractivity contribution in [1.82, 2.24) is 14.5 Å². The smallest absolute Gasteiger partial charge is 0.0979 e. The lowest BCUT2D eigenvalue weighted by atomic mass is 9.99. The summed E-state index contributed by atoms with van der Waals surface area (Å²) in [5.74, 6) is 0. The molecule has 0 bridgehead atoms. The van der Waals surface area contributed by atoms with E-state index >= 15 is 0 Å². The van der Waals surface area contributed by atoms with Crippen molar-refractivity contribution in [2.75, 3.05) is 4.90 Å². The molecule has 2 heterocycles. The van der Waals surface area contributed by atoms with Gasteiger partial charge in [-0.1, -0.05) is 133 Å². The van der Waals surface area contributed by atoms with Gasteiger partial charge in [-0.25, -0.2) is 4.98 Å². The lowest BCUT2D eigenvalue weighted by molar-refractivity contribution is 1.18. The van der Waals surface area contributed by atoms with Crippen molar-refractivity contribution in [3.8, 4) is 28.1 Å². The van der Waals surface area contributed by atoms with Gasteiger partial charge in [-0.05, 0) is 88.6 Å². The number of rotatable bonds is 6. The van der Waals surface area contributed by atoms with Gasteiger partial charge in [0.1, 0.15) is 0 Å². The molecule has 0 fully saturated rings. The van der Waals surface area contributed by atoms with Gasteiger partial charge in [-0.15, -0.1) is 0 Å². The van der Waals surface area contributed by atoms with Crippen molar-refractivity contribution >= 4 is 71.4 Å². The number of nitrogens with zero attached hydrogens (tertiary/aromatic N) is 4. The molecule has 9 aromatic carbocycles. The Balaban J connectivity index is 1.05. The van der Waals surface area contributed by atoms with Gasteiger partial charge in [0.05, 0.1) is 34.0 Å². The Hall–Kier alpha value is -7.56. The van der Waals surface area contributed by atoms with Crippen LogP contribution in [0.15, 0.2) is 206 Å². The van der Waals surface area contributed by atoms with Gasteiger partial charge in [0.25, 0.3) is 0 Å². The predicted octanol–water partition coefficient (Wildman–Crippen LogP) is 13.8. The zero-order valence-corrected chi connectivity index (χ0v) is 30.4. The largest absolute Gasteiger partial charge is 0.310 e. The minimum atomic E-state index is 0.847. The van der Waals surface area contributed by atoms with E-state index in [0.29, 0.717) is 0 Å². The van der Waals surface area contributed by atoms with Crippen LogP contribution >= 0.6 is 0 Å². The third-order valence-corrected chi connectivity index (χ3v) is 11.0. The van der Waals surface area contributed by atoms with Crippen LogP contribution in [0.1, 0.15) is 0 Å². The zero-order valence-electron chi connectivity index (χ0n) is 30.4. The standard InChI is InChI=1S/C52H34N4/c1-4-14-35(15-5-1)37-26-30-49-46(32-37)47-33-41(29-31-50(47)56(49)39-18-8-3-9-19-39)55(38-16-6-2-7-17-38)40-27-24-36(25-28-40)48-34-53-51-44-22-12-10-20-42(44)43-21-11-13-23-45(43)52(51)54-48/h1-34H. The number of para-hydroxylation sites is 2. The van der Waals surface area contributed by atoms with Crippen molar-refractivity contribution in [3.63, 3.8) is 0 Å². The normalized spacial score (nSPS) is 11.6. The first-order valence-electron chi connectivity index (χ1n) is 19.0. The molecular weight excluding hydrogens is 681 g/mol. The second-order valence-corrected chi connectivity index (χ2v) is 14.2. The number of benzene rings is 9. The van der Waals surface area contributed by atoms with Crippen molar-refractivity contribution in [3.05, 3.63) is 206 Å². The first kappa shape index (κ1) is 31.9. The third-order valence-electron chi connectivity index (χ3n) is 11.0. The van der Waals surface area contributed by atoms with Crippen molar-refractivity contribution in [2.24, 2.45) is 0 Å². The fraction of sp³-hybridized carbons (Fsp3) is 0. The molecule has 0 radical (unpaired) electrons. The Bertz CT molecular complexity index is 3190. The second-order valence-electron chi connectivity index (χ2n) is 14.2. The van der Waals surface area contributed by atoms with E-state index in [1.165, 1.54) is 43.7 Å². The topological polar surface area (TPSA) is 34.0 Å². The SMILES string of the molecule is c1ccc(-c2ccc3c(c2)c2cc(N(c4ccccc4)c4ccc(-c5cnc6c7ccccc7c7ccccc7c6n5)cc4)ccc2n3-c2ccccc2)cc1. The van der Waals surface area contributed by atoms with E-state index < -0.39 is 0 Å². The lowest BCUT2D eigenvalue weighted by Gasteiger charge is -2.26. The van der Waals surface area contributed by atoms with E-state index in [9.17, 15) is 0 Å². The second kappa shape index (κ2) is 13.1. The molecule has 0 unspecified atom stereocenters. The first-order valence-corrected chi connectivity index (χ1v) is 19.0. The maximum atomic E-state index is 5.26. The molecule has 11 rings (SSSR count). The van der Waals surface area contributed by atoms with E-state index in [4.69, 9.17) is 9.97 Å². The first-order chi connectivity index (χ1) is 27.8. The fourth-order valence-corrected chi connectivity index (χ4v) is 8.38. The van der Waals surface area contributed by atoms with Crippen molar-refractivity contribution in [1.29, 1.82) is 0 Å². The number of anilines is 3. The van der Waals surface area contributed by atoms with Gasteiger partial charge >= 0.3 is 0 Å². The summed E-state index contributed by atoms with van der Waals surface area (Å²) >= 11 is 0. The summed E-state index contributed by atoms with van der Waals surface area (Å²) in [5.41, 5.74) is 12.8. The molecule has 11 aromatic rings. The maximum Gasteiger partial charge on any atom is 0.0979 e. The maximum absolute atomic E-state index is 5.26. The molecule has 0 aliphatic carbocycles. The van der Waals surface area contributed by atoms with Crippen LogP contribution in [-0.4, -0.2) is 14.5 Å². The highest BCUT2D eigenvalue weighted by Gasteiger charge is 2.19. The van der Waals surface area contributed by atoms with E-state index in [-0.39, 0.29) is 0 Å². The van der Waals surface area contributed by atoms with E-state index in [1.54, 1.807) is 0 Å². The number of hydrogen-bond donors (Lipinski definition) is 0. The molecule has 0 aliphatic heterocycles. The monoisotopic (exact) mass is 714 g/mol. The summed E-state index contributed by atoms with van der Waals surface area (Å²) in [4.78, 5) is 12.6. The van der Waals surface area contributed by atoms with Crippen LogP contribution in [0.4, 0.5) is 17.1 Å². The van der Waals surface area contributed by atoms with Crippen LogP contribution in [0.25, 0.3) is 82.5 Å². The molecule has 4 nitrogen and oxygen atoms in total. The Kier molecular flexibility index (Phi) is 7.46. The van der Waals surface area contributed by atoms with Crippen LogP contribution in [0, 0.1) is 0 Å². The third kappa shape index (κ3) is 5.23. The molecule has 4 heteroatoms. The van der Waals surface area contributed by atoms with E-state index in [2.05, 4.69) is 210 Å². The molecule has 0 saturated carbocycles. The lowest BCUT2D eigenvalue weighted by Crippen LogP contribution is -2.09. The Morgan fingerprint density at radius 1 is 0.357 bits per heavy atom. The van der Waals surface area contributed by atoms with Gasteiger partial charge in [0, 0.05) is 49.9 Å². The molecule has 0 atom stereocenters. The van der Waals surface area contributed by atoms with Gasteiger partial charge < -0.3 is 9.47 Å². The zero-order chi connectivity index (χ0) is 37.0. The minimum Gasteiger partial charge on any atom is -0.310 e.